The van der Waals surface area contributed by atoms with E-state index in [0.717, 1.165) is 6.07 Å². The van der Waals surface area contributed by atoms with E-state index >= 15 is 0 Å². The van der Waals surface area contributed by atoms with E-state index in [1.165, 1.54) is 17.0 Å². The van der Waals surface area contributed by atoms with Crippen molar-refractivity contribution in [2.45, 2.75) is 25.9 Å². The number of carbonyl (C=O) groups is 1. The van der Waals surface area contributed by atoms with E-state index in [0.29, 0.717) is 12.2 Å². The van der Waals surface area contributed by atoms with Crippen LogP contribution in [0.3, 0.4) is 0 Å². The molecular weight excluding hydrogens is 416 g/mol. The highest BCUT2D eigenvalue weighted by molar-refractivity contribution is 6.31. The number of benzene rings is 1. The summed E-state index contributed by atoms with van der Waals surface area (Å²) in [6.07, 6.45) is 1.55. The highest BCUT2D eigenvalue weighted by Crippen LogP contribution is 2.28. The molecule has 0 aliphatic carbocycles. The molecule has 2 aromatic rings. The molecule has 2 heterocycles. The van der Waals surface area contributed by atoms with Crippen molar-refractivity contribution in [3.63, 3.8) is 0 Å². The minimum atomic E-state index is -0.734. The van der Waals surface area contributed by atoms with Crippen LogP contribution >= 0.6 is 11.6 Å². The van der Waals surface area contributed by atoms with E-state index < -0.39 is 24.0 Å². The monoisotopic (exact) mass is 437 g/mol. The number of carbonyl (C=O) groups excluding carboxylic acids is 1. The molecule has 30 heavy (non-hydrogen) atoms. The Kier molecular flexibility index (Phi) is 7.36. The lowest BCUT2D eigenvalue weighted by molar-refractivity contribution is -0.133. The fraction of sp³-hybridized carbons (Fsp3) is 0.333. The summed E-state index contributed by atoms with van der Waals surface area (Å²) < 4.78 is 40.0. The standard InChI is InChI=1S/C21H22ClF2N3O3/c1-3-20(28)27-7-8-29-19(11-27)15-9-14(16(23)10-17(15)24)12-30-13(2)26-18-5-4-6-25-21(18)22/h3-6,9-10,13,19,26H,1,7-8,11-12H2,2H3/t13-,19+/m1/s1. The van der Waals surface area contributed by atoms with Crippen LogP contribution in [0.25, 0.3) is 0 Å². The summed E-state index contributed by atoms with van der Waals surface area (Å²) in [6, 6.07) is 5.64. The van der Waals surface area contributed by atoms with E-state index in [-0.39, 0.29) is 41.9 Å². The summed E-state index contributed by atoms with van der Waals surface area (Å²) in [5.41, 5.74) is 0.926. The van der Waals surface area contributed by atoms with Crippen molar-refractivity contribution in [2.24, 2.45) is 0 Å². The minimum absolute atomic E-state index is 0.104. The van der Waals surface area contributed by atoms with Crippen LogP contribution in [0.5, 0.6) is 0 Å². The van der Waals surface area contributed by atoms with Gasteiger partial charge in [0.1, 0.15) is 24.0 Å². The average Bonchev–Trinajstić information content (AvgIpc) is 2.74. The van der Waals surface area contributed by atoms with Crippen molar-refractivity contribution in [3.05, 3.63) is 71.0 Å². The summed E-state index contributed by atoms with van der Waals surface area (Å²) in [6.45, 7) is 5.89. The van der Waals surface area contributed by atoms with Gasteiger partial charge in [-0.15, -0.1) is 0 Å². The number of nitrogens with zero attached hydrogens (tertiary/aromatic N) is 2. The van der Waals surface area contributed by atoms with Crippen LogP contribution in [0.15, 0.2) is 43.1 Å². The van der Waals surface area contributed by atoms with E-state index in [2.05, 4.69) is 16.9 Å². The topological polar surface area (TPSA) is 63.7 Å². The van der Waals surface area contributed by atoms with Crippen molar-refractivity contribution >= 4 is 23.2 Å². The van der Waals surface area contributed by atoms with Crippen LogP contribution in [0, 0.1) is 11.6 Å². The van der Waals surface area contributed by atoms with Gasteiger partial charge in [0.05, 0.1) is 25.4 Å². The number of morpholine rings is 1. The molecule has 1 fully saturated rings. The first-order valence-electron chi connectivity index (χ1n) is 9.38. The Labute approximate surface area is 178 Å². The van der Waals surface area contributed by atoms with Gasteiger partial charge in [-0.1, -0.05) is 18.2 Å². The maximum absolute atomic E-state index is 14.4. The summed E-state index contributed by atoms with van der Waals surface area (Å²) in [7, 11) is 0. The van der Waals surface area contributed by atoms with Crippen molar-refractivity contribution < 1.29 is 23.0 Å². The van der Waals surface area contributed by atoms with Gasteiger partial charge in [-0.05, 0) is 31.2 Å². The molecule has 0 spiro atoms. The van der Waals surface area contributed by atoms with Gasteiger partial charge in [-0.3, -0.25) is 4.79 Å². The van der Waals surface area contributed by atoms with Gasteiger partial charge in [0.15, 0.2) is 5.15 Å². The van der Waals surface area contributed by atoms with Crippen molar-refractivity contribution in [3.8, 4) is 0 Å². The molecule has 160 valence electrons. The van der Waals surface area contributed by atoms with Gasteiger partial charge in [-0.25, -0.2) is 13.8 Å². The molecule has 0 bridgehead atoms. The van der Waals surface area contributed by atoms with Gasteiger partial charge < -0.3 is 19.7 Å². The van der Waals surface area contributed by atoms with E-state index in [1.807, 2.05) is 0 Å². The second-order valence-electron chi connectivity index (χ2n) is 6.75. The molecule has 9 heteroatoms. The van der Waals surface area contributed by atoms with Crippen molar-refractivity contribution in [2.75, 3.05) is 25.0 Å². The molecule has 1 aromatic heterocycles. The number of amides is 1. The Hall–Kier alpha value is -2.55. The molecule has 6 nitrogen and oxygen atoms in total. The normalized spacial score (nSPS) is 17.5. The molecule has 1 aliphatic rings. The Morgan fingerprint density at radius 2 is 2.30 bits per heavy atom. The molecular formula is C21H22ClF2N3O3. The number of aromatic nitrogens is 1. The molecule has 0 radical (unpaired) electrons. The van der Waals surface area contributed by atoms with Crippen LogP contribution in [-0.4, -0.2) is 41.7 Å². The highest BCUT2D eigenvalue weighted by Gasteiger charge is 2.27. The van der Waals surface area contributed by atoms with E-state index in [1.54, 1.807) is 25.3 Å². The predicted molar refractivity (Wildman–Crippen MR) is 109 cm³/mol. The van der Waals surface area contributed by atoms with Gasteiger partial charge in [0, 0.05) is 29.9 Å². The molecule has 1 aliphatic heterocycles. The fourth-order valence-corrected chi connectivity index (χ4v) is 3.28. The van der Waals surface area contributed by atoms with Crippen molar-refractivity contribution in [1.29, 1.82) is 0 Å². The molecule has 0 unspecified atom stereocenters. The summed E-state index contributed by atoms with van der Waals surface area (Å²) >= 11 is 6.00. The first kappa shape index (κ1) is 22.1. The number of rotatable bonds is 7. The third-order valence-electron chi connectivity index (χ3n) is 4.67. The molecule has 1 N–H and O–H groups in total. The van der Waals surface area contributed by atoms with Crippen molar-refractivity contribution in [1.82, 2.24) is 9.88 Å². The number of anilines is 1. The van der Waals surface area contributed by atoms with E-state index in [4.69, 9.17) is 21.1 Å². The van der Waals surface area contributed by atoms with Crippen LogP contribution in [-0.2, 0) is 20.9 Å². The SMILES string of the molecule is C=CC(=O)N1CCO[C@H](c2cc(CO[C@H](C)Nc3cccnc3Cl)c(F)cc2F)C1. The molecule has 1 aromatic carbocycles. The number of hydrogen-bond donors (Lipinski definition) is 1. The molecule has 1 amide bonds. The predicted octanol–water partition coefficient (Wildman–Crippen LogP) is 4.07. The summed E-state index contributed by atoms with van der Waals surface area (Å²) in [5, 5.41) is 3.31. The third kappa shape index (κ3) is 5.33. The number of nitrogens with one attached hydrogen (secondary N) is 1. The number of halogens is 3. The summed E-state index contributed by atoms with van der Waals surface area (Å²) in [4.78, 5) is 17.3. The Balaban J connectivity index is 1.69. The van der Waals surface area contributed by atoms with E-state index in [9.17, 15) is 13.6 Å². The van der Waals surface area contributed by atoms with Crippen LogP contribution in [0.2, 0.25) is 5.15 Å². The molecule has 0 saturated carbocycles. The van der Waals surface area contributed by atoms with Gasteiger partial charge in [0.25, 0.3) is 0 Å². The third-order valence-corrected chi connectivity index (χ3v) is 4.97. The second kappa shape index (κ2) is 9.97. The summed E-state index contributed by atoms with van der Waals surface area (Å²) in [5.74, 6) is -1.72. The maximum Gasteiger partial charge on any atom is 0.246 e. The zero-order valence-electron chi connectivity index (χ0n) is 16.4. The maximum atomic E-state index is 14.4. The lowest BCUT2D eigenvalue weighted by Gasteiger charge is -2.33. The largest absolute Gasteiger partial charge is 0.370 e. The molecule has 2 atom stereocenters. The smallest absolute Gasteiger partial charge is 0.246 e. The first-order chi connectivity index (χ1) is 14.4. The van der Waals surface area contributed by atoms with Gasteiger partial charge in [-0.2, -0.15) is 0 Å². The van der Waals surface area contributed by atoms with Gasteiger partial charge >= 0.3 is 0 Å². The number of ether oxygens (including phenoxy) is 2. The highest BCUT2D eigenvalue weighted by atomic mass is 35.5. The lowest BCUT2D eigenvalue weighted by Crippen LogP contribution is -2.41. The Morgan fingerprint density at radius 3 is 3.03 bits per heavy atom. The van der Waals surface area contributed by atoms with Crippen LogP contribution in [0.1, 0.15) is 24.2 Å². The van der Waals surface area contributed by atoms with Crippen LogP contribution in [0.4, 0.5) is 14.5 Å². The Morgan fingerprint density at radius 1 is 1.50 bits per heavy atom. The van der Waals surface area contributed by atoms with Crippen LogP contribution < -0.4 is 5.32 Å². The Bertz CT molecular complexity index is 928. The first-order valence-corrected chi connectivity index (χ1v) is 9.76. The lowest BCUT2D eigenvalue weighted by atomic mass is 10.0. The zero-order chi connectivity index (χ0) is 21.7. The quantitative estimate of drug-likeness (QED) is 0.402. The minimum Gasteiger partial charge on any atom is -0.370 e. The fourth-order valence-electron chi connectivity index (χ4n) is 3.11. The number of pyridine rings is 1. The molecule has 1 saturated heterocycles. The molecule has 3 rings (SSSR count). The number of hydrogen-bond acceptors (Lipinski definition) is 5. The van der Waals surface area contributed by atoms with Gasteiger partial charge in [0.2, 0.25) is 5.91 Å². The second-order valence-corrected chi connectivity index (χ2v) is 7.11. The average molecular weight is 438 g/mol. The zero-order valence-corrected chi connectivity index (χ0v) is 17.2.